The lowest BCUT2D eigenvalue weighted by Crippen LogP contribution is -2.07. The molecule has 1 aromatic carbocycles. The molecule has 0 unspecified atom stereocenters. The molecular weight excluding hydrogens is 371 g/mol. The number of nitrogens with two attached hydrogens (primary N) is 1. The van der Waals surface area contributed by atoms with Gasteiger partial charge in [-0.25, -0.2) is 19.5 Å². The molecule has 0 fully saturated rings. The number of nitrogens with zero attached hydrogens (tertiary/aromatic N) is 5. The van der Waals surface area contributed by atoms with Crippen LogP contribution in [0.25, 0.3) is 16.9 Å². The van der Waals surface area contributed by atoms with Gasteiger partial charge in [0.1, 0.15) is 12.1 Å². The van der Waals surface area contributed by atoms with E-state index < -0.39 is 11.7 Å². The van der Waals surface area contributed by atoms with Crippen molar-refractivity contribution in [2.75, 3.05) is 11.1 Å². The summed E-state index contributed by atoms with van der Waals surface area (Å²) in [5, 5.41) is 7.19. The molecule has 0 spiro atoms. The predicted octanol–water partition coefficient (Wildman–Crippen LogP) is 4.14. The molecular formula is C18H20F3N7. The third-order valence-electron chi connectivity index (χ3n) is 4.07. The molecule has 7 nitrogen and oxygen atoms in total. The molecule has 4 aromatic rings. The smallest absolute Gasteiger partial charge is 0.382 e. The Hall–Kier alpha value is -3.69. The van der Waals surface area contributed by atoms with Gasteiger partial charge >= 0.3 is 6.18 Å². The second-order valence-electron chi connectivity index (χ2n) is 5.99. The van der Waals surface area contributed by atoms with Gasteiger partial charge in [0.2, 0.25) is 0 Å². The minimum Gasteiger partial charge on any atom is -0.382 e. The number of rotatable bonds is 4. The molecule has 0 aliphatic heterocycles. The molecule has 4 rings (SSSR count). The van der Waals surface area contributed by atoms with Crippen molar-refractivity contribution in [2.45, 2.75) is 12.7 Å². The standard InChI is InChI=1S/C18H14F3N7.3H2/c19-18(20,21)12-4-1-3-11(7-12)9-24-14-8-13(25-10-26-14)15-16(22)27-28-6-2-5-23-17(15)28;;;/h1-8,10H,9H2,(H2,22,27)(H,24,25,26);3*1H. The first-order chi connectivity index (χ1) is 13.4. The molecule has 28 heavy (non-hydrogen) atoms. The fraction of sp³-hybridized carbons (Fsp3) is 0.111. The maximum absolute atomic E-state index is 12.8. The van der Waals surface area contributed by atoms with Gasteiger partial charge in [0, 0.05) is 29.3 Å². The van der Waals surface area contributed by atoms with E-state index in [-0.39, 0.29) is 16.6 Å². The zero-order valence-electron chi connectivity index (χ0n) is 14.4. The Morgan fingerprint density at radius 1 is 1.11 bits per heavy atom. The first-order valence-electron chi connectivity index (χ1n) is 8.23. The van der Waals surface area contributed by atoms with Crippen LogP contribution in [0.3, 0.4) is 0 Å². The van der Waals surface area contributed by atoms with Gasteiger partial charge in [-0.3, -0.25) is 0 Å². The number of anilines is 2. The number of aromatic nitrogens is 5. The number of nitrogens with one attached hydrogen (secondary N) is 1. The monoisotopic (exact) mass is 391 g/mol. The maximum Gasteiger partial charge on any atom is 0.416 e. The first-order valence-corrected chi connectivity index (χ1v) is 8.23. The normalized spacial score (nSPS) is 11.7. The SMILES string of the molecule is Nc1nn2cccnc2c1-c1cc(NCc2cccc(C(F)(F)F)c2)ncn1.[HH].[HH].[HH]. The zero-order chi connectivity index (χ0) is 19.7. The van der Waals surface area contributed by atoms with Crippen molar-refractivity contribution in [1.29, 1.82) is 0 Å². The Morgan fingerprint density at radius 2 is 1.96 bits per heavy atom. The molecule has 10 heteroatoms. The van der Waals surface area contributed by atoms with Crippen LogP contribution in [0.2, 0.25) is 0 Å². The minimum absolute atomic E-state index is 0. The van der Waals surface area contributed by atoms with Crippen LogP contribution in [0.4, 0.5) is 24.8 Å². The van der Waals surface area contributed by atoms with Crippen LogP contribution >= 0.6 is 0 Å². The summed E-state index contributed by atoms with van der Waals surface area (Å²) in [6.45, 7) is 0.170. The highest BCUT2D eigenvalue weighted by molar-refractivity contribution is 5.84. The van der Waals surface area contributed by atoms with Gasteiger partial charge in [-0.05, 0) is 23.8 Å². The van der Waals surface area contributed by atoms with Crippen molar-refractivity contribution in [3.63, 3.8) is 0 Å². The van der Waals surface area contributed by atoms with Gasteiger partial charge in [0.15, 0.2) is 11.5 Å². The lowest BCUT2D eigenvalue weighted by Gasteiger charge is -2.10. The van der Waals surface area contributed by atoms with E-state index in [2.05, 4.69) is 25.4 Å². The zero-order valence-corrected chi connectivity index (χ0v) is 14.4. The Morgan fingerprint density at radius 3 is 2.79 bits per heavy atom. The molecule has 148 valence electrons. The Bertz CT molecular complexity index is 1150. The van der Waals surface area contributed by atoms with Crippen molar-refractivity contribution in [2.24, 2.45) is 0 Å². The van der Waals surface area contributed by atoms with Gasteiger partial charge < -0.3 is 11.1 Å². The Balaban J connectivity index is 0.00000160. The minimum atomic E-state index is -4.38. The van der Waals surface area contributed by atoms with Gasteiger partial charge in [-0.1, -0.05) is 12.1 Å². The average molecular weight is 391 g/mol. The van der Waals surface area contributed by atoms with Crippen LogP contribution in [-0.4, -0.2) is 24.6 Å². The van der Waals surface area contributed by atoms with Crippen molar-refractivity contribution < 1.29 is 17.5 Å². The van der Waals surface area contributed by atoms with E-state index in [1.165, 1.54) is 12.4 Å². The summed E-state index contributed by atoms with van der Waals surface area (Å²) < 4.78 is 40.1. The van der Waals surface area contributed by atoms with Crippen LogP contribution in [0.15, 0.2) is 55.1 Å². The molecule has 3 heterocycles. The van der Waals surface area contributed by atoms with E-state index in [9.17, 15) is 13.2 Å². The van der Waals surface area contributed by atoms with Gasteiger partial charge in [-0.2, -0.15) is 13.2 Å². The lowest BCUT2D eigenvalue weighted by molar-refractivity contribution is -0.137. The van der Waals surface area contributed by atoms with Crippen molar-refractivity contribution in [3.8, 4) is 11.3 Å². The summed E-state index contributed by atoms with van der Waals surface area (Å²) in [4.78, 5) is 12.6. The molecule has 0 atom stereocenters. The molecule has 3 aromatic heterocycles. The highest BCUT2D eigenvalue weighted by Crippen LogP contribution is 2.30. The second kappa shape index (κ2) is 6.80. The third kappa shape index (κ3) is 3.43. The van der Waals surface area contributed by atoms with Gasteiger partial charge in [-0.15, -0.1) is 5.10 Å². The van der Waals surface area contributed by atoms with Crippen molar-refractivity contribution in [1.82, 2.24) is 24.6 Å². The Kier molecular flexibility index (Phi) is 4.30. The molecule has 0 saturated carbocycles. The van der Waals surface area contributed by atoms with E-state index >= 15 is 0 Å². The van der Waals surface area contributed by atoms with Crippen molar-refractivity contribution in [3.05, 3.63) is 66.2 Å². The van der Waals surface area contributed by atoms with E-state index in [1.807, 2.05) is 0 Å². The fourth-order valence-corrected chi connectivity index (χ4v) is 2.79. The van der Waals surface area contributed by atoms with Gasteiger partial charge in [0.05, 0.1) is 16.8 Å². The molecule has 0 aliphatic carbocycles. The molecule has 0 radical (unpaired) electrons. The Labute approximate surface area is 161 Å². The third-order valence-corrected chi connectivity index (χ3v) is 4.07. The molecule has 0 aliphatic rings. The summed E-state index contributed by atoms with van der Waals surface area (Å²) in [6, 6.07) is 8.49. The van der Waals surface area contributed by atoms with E-state index in [0.29, 0.717) is 28.3 Å². The lowest BCUT2D eigenvalue weighted by atomic mass is 10.1. The number of halogens is 3. The number of nitrogen functional groups attached to an aromatic ring is 1. The van der Waals surface area contributed by atoms with E-state index in [1.54, 1.807) is 35.1 Å². The predicted molar refractivity (Wildman–Crippen MR) is 104 cm³/mol. The molecule has 3 N–H and O–H groups in total. The highest BCUT2D eigenvalue weighted by atomic mass is 19.4. The fourth-order valence-electron chi connectivity index (χ4n) is 2.79. The summed E-state index contributed by atoms with van der Waals surface area (Å²) in [6.07, 6.45) is 0.298. The largest absolute Gasteiger partial charge is 0.416 e. The van der Waals surface area contributed by atoms with Crippen LogP contribution in [0, 0.1) is 0 Å². The second-order valence-corrected chi connectivity index (χ2v) is 5.99. The molecule has 0 saturated heterocycles. The summed E-state index contributed by atoms with van der Waals surface area (Å²) >= 11 is 0. The summed E-state index contributed by atoms with van der Waals surface area (Å²) in [5.41, 5.74) is 7.39. The topological polar surface area (TPSA) is 94.0 Å². The van der Waals surface area contributed by atoms with Crippen molar-refractivity contribution >= 4 is 17.3 Å². The number of fused-ring (bicyclic) bond motifs is 1. The summed E-state index contributed by atoms with van der Waals surface area (Å²) in [5.74, 6) is 0.707. The van der Waals surface area contributed by atoms with Crippen LogP contribution in [-0.2, 0) is 12.7 Å². The van der Waals surface area contributed by atoms with E-state index in [0.717, 1.165) is 12.1 Å². The number of benzene rings is 1. The quantitative estimate of drug-likeness (QED) is 0.543. The van der Waals surface area contributed by atoms with Gasteiger partial charge in [0.25, 0.3) is 0 Å². The average Bonchev–Trinajstić information content (AvgIpc) is 3.02. The molecule has 0 bridgehead atoms. The number of hydrogen-bond donors (Lipinski definition) is 2. The number of hydrogen-bond acceptors (Lipinski definition) is 6. The van der Waals surface area contributed by atoms with Crippen LogP contribution in [0.1, 0.15) is 15.4 Å². The van der Waals surface area contributed by atoms with Crippen LogP contribution < -0.4 is 11.1 Å². The number of alkyl halides is 3. The van der Waals surface area contributed by atoms with Crippen LogP contribution in [0.5, 0.6) is 0 Å². The first kappa shape index (κ1) is 17.7. The maximum atomic E-state index is 12.8. The highest BCUT2D eigenvalue weighted by Gasteiger charge is 2.30. The van der Waals surface area contributed by atoms with E-state index in [4.69, 9.17) is 5.73 Å². The molecule has 0 amide bonds. The summed E-state index contributed by atoms with van der Waals surface area (Å²) in [7, 11) is 0.